The number of nitrogens with zero attached hydrogens (tertiary/aromatic N) is 3. The van der Waals surface area contributed by atoms with Crippen LogP contribution >= 0.6 is 24.0 Å². The Labute approximate surface area is 170 Å². The summed E-state index contributed by atoms with van der Waals surface area (Å²) in [5.41, 5.74) is 4.62. The molecule has 9 heteroatoms. The molecule has 1 fully saturated rings. The Morgan fingerprint density at radius 3 is 2.57 bits per heavy atom. The van der Waals surface area contributed by atoms with Gasteiger partial charge in [0.05, 0.1) is 16.2 Å². The molecule has 0 bridgehead atoms. The van der Waals surface area contributed by atoms with Gasteiger partial charge in [0.2, 0.25) is 0 Å². The number of carbonyl (C=O) groups excluding carboxylic acids is 3. The number of thiocarbonyl (C=S) groups is 1. The number of likely N-dealkylation sites (N-methyl/N-ethyl adjacent to an activating group) is 1. The number of anilines is 1. The Morgan fingerprint density at radius 2 is 1.86 bits per heavy atom. The summed E-state index contributed by atoms with van der Waals surface area (Å²) in [4.78, 5) is 44.0. The predicted octanol–water partition coefficient (Wildman–Crippen LogP) is 2.36. The summed E-state index contributed by atoms with van der Waals surface area (Å²) < 4.78 is 0.162. The highest BCUT2D eigenvalue weighted by molar-refractivity contribution is 8.26. The Kier molecular flexibility index (Phi) is 4.70. The number of carbonyl (C=O) groups is 3. The molecule has 0 aliphatic carbocycles. The first-order valence-corrected chi connectivity index (χ1v) is 9.68. The Morgan fingerprint density at radius 1 is 1.14 bits per heavy atom. The van der Waals surface area contributed by atoms with Gasteiger partial charge in [0.15, 0.2) is 4.32 Å². The number of thioether (sulfide) groups is 1. The van der Waals surface area contributed by atoms with Crippen LogP contribution in [0.15, 0.2) is 53.7 Å². The van der Waals surface area contributed by atoms with Gasteiger partial charge in [0.1, 0.15) is 0 Å². The number of rotatable bonds is 3. The maximum Gasteiger partial charge on any atom is 0.286 e. The van der Waals surface area contributed by atoms with Crippen molar-refractivity contribution in [2.24, 2.45) is 0 Å². The molecule has 140 valence electrons. The lowest BCUT2D eigenvalue weighted by Gasteiger charge is -2.15. The Hall–Kier alpha value is -3.04. The SMILES string of the molecule is CCN1C(=O)/C(=C2\SC(=S)N(NC(=O)c3ccncc3)C2=O)c2ccccc21. The molecular formula is C19H14N4O3S2. The zero-order valence-electron chi connectivity index (χ0n) is 14.7. The van der Waals surface area contributed by atoms with Gasteiger partial charge >= 0.3 is 0 Å². The summed E-state index contributed by atoms with van der Waals surface area (Å²) in [6.07, 6.45) is 2.96. The summed E-state index contributed by atoms with van der Waals surface area (Å²) >= 11 is 6.28. The van der Waals surface area contributed by atoms with Crippen molar-refractivity contribution in [1.82, 2.24) is 15.4 Å². The number of nitrogens with one attached hydrogen (secondary N) is 1. The molecule has 1 aromatic heterocycles. The van der Waals surface area contributed by atoms with Gasteiger partial charge in [0, 0.05) is 30.1 Å². The fraction of sp³-hybridized carbons (Fsp3) is 0.105. The van der Waals surface area contributed by atoms with Crippen molar-refractivity contribution in [3.8, 4) is 0 Å². The summed E-state index contributed by atoms with van der Waals surface area (Å²) in [7, 11) is 0. The number of para-hydroxylation sites is 1. The van der Waals surface area contributed by atoms with Crippen LogP contribution in [0.5, 0.6) is 0 Å². The maximum absolute atomic E-state index is 13.0. The van der Waals surface area contributed by atoms with Gasteiger partial charge in [-0.05, 0) is 37.3 Å². The van der Waals surface area contributed by atoms with Crippen LogP contribution in [0.4, 0.5) is 5.69 Å². The predicted molar refractivity (Wildman–Crippen MR) is 110 cm³/mol. The lowest BCUT2D eigenvalue weighted by molar-refractivity contribution is -0.124. The van der Waals surface area contributed by atoms with E-state index in [0.717, 1.165) is 22.5 Å². The molecule has 3 heterocycles. The number of hydrogen-bond acceptors (Lipinski definition) is 6. The van der Waals surface area contributed by atoms with Gasteiger partial charge in [-0.1, -0.05) is 30.0 Å². The van der Waals surface area contributed by atoms with Crippen LogP contribution in [0.2, 0.25) is 0 Å². The number of fused-ring (bicyclic) bond motifs is 1. The monoisotopic (exact) mass is 410 g/mol. The van der Waals surface area contributed by atoms with E-state index in [1.807, 2.05) is 25.1 Å². The molecule has 0 spiro atoms. The van der Waals surface area contributed by atoms with E-state index in [2.05, 4.69) is 10.4 Å². The summed E-state index contributed by atoms with van der Waals surface area (Å²) in [5.74, 6) is -1.25. The fourth-order valence-electron chi connectivity index (χ4n) is 3.10. The van der Waals surface area contributed by atoms with Gasteiger partial charge in [-0.15, -0.1) is 0 Å². The molecule has 2 aliphatic rings. The summed E-state index contributed by atoms with van der Waals surface area (Å²) in [5, 5.41) is 1.01. The second-order valence-electron chi connectivity index (χ2n) is 5.96. The van der Waals surface area contributed by atoms with Crippen LogP contribution in [0, 0.1) is 0 Å². The zero-order chi connectivity index (χ0) is 19.8. The lowest BCUT2D eigenvalue weighted by Crippen LogP contribution is -2.45. The van der Waals surface area contributed by atoms with Gasteiger partial charge in [-0.2, -0.15) is 5.01 Å². The molecule has 0 atom stereocenters. The zero-order valence-corrected chi connectivity index (χ0v) is 16.3. The average molecular weight is 410 g/mol. The second kappa shape index (κ2) is 7.17. The highest BCUT2D eigenvalue weighted by atomic mass is 32.2. The number of hydrogen-bond donors (Lipinski definition) is 1. The van der Waals surface area contributed by atoms with Crippen LogP contribution in [0.1, 0.15) is 22.8 Å². The molecule has 0 saturated carbocycles. The standard InChI is InChI=1S/C19H14N4O3S2/c1-2-22-13-6-4-3-5-12(13)14(17(22)25)15-18(26)23(19(27)28-15)21-16(24)11-7-9-20-10-8-11/h3-10H,2H2,1H3,(H,21,24)/b15-14-. The van der Waals surface area contributed by atoms with E-state index in [1.54, 1.807) is 11.0 Å². The van der Waals surface area contributed by atoms with Crippen molar-refractivity contribution < 1.29 is 14.4 Å². The van der Waals surface area contributed by atoms with E-state index in [9.17, 15) is 14.4 Å². The second-order valence-corrected chi connectivity index (χ2v) is 7.60. The third kappa shape index (κ3) is 2.88. The number of amides is 3. The van der Waals surface area contributed by atoms with E-state index in [4.69, 9.17) is 12.2 Å². The van der Waals surface area contributed by atoms with Crippen molar-refractivity contribution in [3.05, 3.63) is 64.8 Å². The van der Waals surface area contributed by atoms with Crippen LogP contribution in [0.25, 0.3) is 5.57 Å². The molecule has 2 aromatic rings. The fourth-order valence-corrected chi connectivity index (χ4v) is 4.35. The highest BCUT2D eigenvalue weighted by Crippen LogP contribution is 2.43. The van der Waals surface area contributed by atoms with E-state index >= 15 is 0 Å². The summed E-state index contributed by atoms with van der Waals surface area (Å²) in [6, 6.07) is 10.4. The lowest BCUT2D eigenvalue weighted by atomic mass is 10.1. The van der Waals surface area contributed by atoms with Crippen molar-refractivity contribution in [2.45, 2.75) is 6.92 Å². The first-order chi connectivity index (χ1) is 13.5. The number of pyridine rings is 1. The first-order valence-electron chi connectivity index (χ1n) is 8.45. The van der Waals surface area contributed by atoms with Gasteiger partial charge in [-0.3, -0.25) is 24.8 Å². The van der Waals surface area contributed by atoms with E-state index in [0.29, 0.717) is 23.2 Å². The third-order valence-corrected chi connectivity index (χ3v) is 5.76. The highest BCUT2D eigenvalue weighted by Gasteiger charge is 2.42. The smallest absolute Gasteiger partial charge is 0.286 e. The van der Waals surface area contributed by atoms with Crippen molar-refractivity contribution in [1.29, 1.82) is 0 Å². The number of aromatic nitrogens is 1. The molecule has 0 unspecified atom stereocenters. The van der Waals surface area contributed by atoms with Crippen LogP contribution < -0.4 is 10.3 Å². The molecule has 7 nitrogen and oxygen atoms in total. The minimum atomic E-state index is -0.520. The minimum Gasteiger partial charge on any atom is -0.308 e. The van der Waals surface area contributed by atoms with E-state index < -0.39 is 11.8 Å². The van der Waals surface area contributed by atoms with Gasteiger partial charge < -0.3 is 4.90 Å². The maximum atomic E-state index is 13.0. The number of benzene rings is 1. The molecule has 2 aliphatic heterocycles. The normalized spacial score (nSPS) is 18.7. The molecule has 4 rings (SSSR count). The molecule has 0 radical (unpaired) electrons. The van der Waals surface area contributed by atoms with E-state index in [-0.39, 0.29) is 15.1 Å². The van der Waals surface area contributed by atoms with Crippen molar-refractivity contribution in [3.63, 3.8) is 0 Å². The third-order valence-electron chi connectivity index (χ3n) is 4.39. The van der Waals surface area contributed by atoms with Crippen LogP contribution in [-0.4, -0.2) is 38.6 Å². The van der Waals surface area contributed by atoms with E-state index in [1.165, 1.54) is 24.5 Å². The van der Waals surface area contributed by atoms with Gasteiger partial charge in [0.25, 0.3) is 17.7 Å². The summed E-state index contributed by atoms with van der Waals surface area (Å²) in [6.45, 7) is 2.36. The van der Waals surface area contributed by atoms with Gasteiger partial charge in [-0.25, -0.2) is 0 Å². The molecular weight excluding hydrogens is 396 g/mol. The largest absolute Gasteiger partial charge is 0.308 e. The first kappa shape index (κ1) is 18.3. The topological polar surface area (TPSA) is 82.6 Å². The molecule has 3 amide bonds. The average Bonchev–Trinajstić information content (AvgIpc) is 3.15. The molecule has 1 saturated heterocycles. The number of hydrazine groups is 1. The van der Waals surface area contributed by atoms with Crippen LogP contribution in [-0.2, 0) is 9.59 Å². The Bertz CT molecular complexity index is 1050. The molecule has 1 N–H and O–H groups in total. The molecule has 28 heavy (non-hydrogen) atoms. The Balaban J connectivity index is 1.69. The van der Waals surface area contributed by atoms with Crippen molar-refractivity contribution >= 4 is 57.3 Å². The quantitative estimate of drug-likeness (QED) is 0.618. The minimum absolute atomic E-state index is 0.162. The van der Waals surface area contributed by atoms with Crippen molar-refractivity contribution in [2.75, 3.05) is 11.4 Å². The van der Waals surface area contributed by atoms with Crippen LogP contribution in [0.3, 0.4) is 0 Å². The molecule has 1 aromatic carbocycles.